The van der Waals surface area contributed by atoms with E-state index in [1.165, 1.54) is 44.1 Å². The van der Waals surface area contributed by atoms with Gasteiger partial charge in [-0.3, -0.25) is 4.79 Å². The fourth-order valence-electron chi connectivity index (χ4n) is 6.62. The molecule has 0 aliphatic heterocycles. The average Bonchev–Trinajstić information content (AvgIpc) is 2.44. The van der Waals surface area contributed by atoms with Gasteiger partial charge >= 0.3 is 0 Å². The van der Waals surface area contributed by atoms with Crippen LogP contribution >= 0.6 is 0 Å². The lowest BCUT2D eigenvalue weighted by Gasteiger charge is -2.59. The first-order valence-electron chi connectivity index (χ1n) is 9.59. The van der Waals surface area contributed by atoms with E-state index in [-0.39, 0.29) is 23.3 Å². The Morgan fingerprint density at radius 3 is 2.25 bits per heavy atom. The molecule has 4 fully saturated rings. The topological polar surface area (TPSA) is 69.1 Å². The molecular formula is C21H30N2O. The molecule has 1 aromatic rings. The molecule has 24 heavy (non-hydrogen) atoms. The van der Waals surface area contributed by atoms with Gasteiger partial charge in [0.05, 0.1) is 5.92 Å². The molecule has 5 rings (SSSR count). The van der Waals surface area contributed by atoms with Crippen molar-refractivity contribution in [3.63, 3.8) is 0 Å². The first-order chi connectivity index (χ1) is 11.4. The van der Waals surface area contributed by atoms with Crippen molar-refractivity contribution < 1.29 is 4.79 Å². The summed E-state index contributed by atoms with van der Waals surface area (Å²) in [6.45, 7) is 2.03. The molecule has 3 nitrogen and oxygen atoms in total. The zero-order valence-corrected chi connectivity index (χ0v) is 14.7. The smallest absolute Gasteiger partial charge is 0.225 e. The molecule has 0 radical (unpaired) electrons. The number of primary amides is 1. The molecule has 1 amide bonds. The van der Waals surface area contributed by atoms with Gasteiger partial charge in [0.2, 0.25) is 5.91 Å². The second-order valence-electron chi connectivity index (χ2n) is 9.04. The van der Waals surface area contributed by atoms with E-state index in [1.807, 2.05) is 6.92 Å². The molecule has 0 aromatic heterocycles. The summed E-state index contributed by atoms with van der Waals surface area (Å²) in [5.41, 5.74) is 14.4. The summed E-state index contributed by atoms with van der Waals surface area (Å²) in [5.74, 6) is 2.22. The molecule has 2 atom stereocenters. The predicted molar refractivity (Wildman–Crippen MR) is 96.3 cm³/mol. The number of hydrogen-bond acceptors (Lipinski definition) is 2. The Morgan fingerprint density at radius 2 is 1.75 bits per heavy atom. The monoisotopic (exact) mass is 326 g/mol. The fraction of sp³-hybridized carbons (Fsp3) is 0.667. The normalized spacial score (nSPS) is 36.5. The minimum absolute atomic E-state index is 0.119. The maximum atomic E-state index is 12.5. The van der Waals surface area contributed by atoms with Gasteiger partial charge in [-0.05, 0) is 86.2 Å². The van der Waals surface area contributed by atoms with Crippen molar-refractivity contribution in [2.75, 3.05) is 0 Å². The molecule has 0 heterocycles. The maximum Gasteiger partial charge on any atom is 0.225 e. The van der Waals surface area contributed by atoms with Gasteiger partial charge in [0, 0.05) is 6.04 Å². The largest absolute Gasteiger partial charge is 0.369 e. The summed E-state index contributed by atoms with van der Waals surface area (Å²) < 4.78 is 0. The number of benzene rings is 1. The highest BCUT2D eigenvalue weighted by Crippen LogP contribution is 2.64. The number of amides is 1. The highest BCUT2D eigenvalue weighted by Gasteiger charge is 2.55. The second kappa shape index (κ2) is 5.87. The Labute approximate surface area is 145 Å². The molecule has 0 spiro atoms. The fourth-order valence-corrected chi connectivity index (χ4v) is 6.62. The molecule has 2 unspecified atom stereocenters. The first kappa shape index (κ1) is 16.1. The van der Waals surface area contributed by atoms with Crippen LogP contribution < -0.4 is 11.5 Å². The molecule has 4 saturated carbocycles. The van der Waals surface area contributed by atoms with Gasteiger partial charge in [0.15, 0.2) is 0 Å². The van der Waals surface area contributed by atoms with E-state index in [9.17, 15) is 4.79 Å². The van der Waals surface area contributed by atoms with E-state index in [0.717, 1.165) is 29.7 Å². The van der Waals surface area contributed by atoms with Crippen LogP contribution in [-0.4, -0.2) is 11.9 Å². The molecule has 3 heteroatoms. The zero-order chi connectivity index (χ0) is 16.9. The molecule has 0 saturated heterocycles. The second-order valence-corrected chi connectivity index (χ2v) is 9.04. The minimum Gasteiger partial charge on any atom is -0.369 e. The SMILES string of the molecule is CC(N)Cc1cccc(C(C(N)=O)C23CC4CC(CC(C4)C2)C3)c1. The molecular weight excluding hydrogens is 296 g/mol. The lowest BCUT2D eigenvalue weighted by atomic mass is 9.45. The summed E-state index contributed by atoms with van der Waals surface area (Å²) >= 11 is 0. The third kappa shape index (κ3) is 2.77. The van der Waals surface area contributed by atoms with Crippen LogP contribution in [0.25, 0.3) is 0 Å². The highest BCUT2D eigenvalue weighted by atomic mass is 16.1. The highest BCUT2D eigenvalue weighted by molar-refractivity contribution is 5.83. The maximum absolute atomic E-state index is 12.5. The quantitative estimate of drug-likeness (QED) is 0.871. The lowest BCUT2D eigenvalue weighted by Crippen LogP contribution is -2.51. The third-order valence-corrected chi connectivity index (χ3v) is 6.82. The van der Waals surface area contributed by atoms with Crippen LogP contribution in [0.15, 0.2) is 24.3 Å². The molecule has 4 bridgehead atoms. The molecule has 4 N–H and O–H groups in total. The Balaban J connectivity index is 1.69. The van der Waals surface area contributed by atoms with Crippen molar-refractivity contribution in [3.8, 4) is 0 Å². The average molecular weight is 326 g/mol. The zero-order valence-electron chi connectivity index (χ0n) is 14.7. The number of hydrogen-bond donors (Lipinski definition) is 2. The van der Waals surface area contributed by atoms with Gasteiger partial charge in [-0.2, -0.15) is 0 Å². The molecule has 130 valence electrons. The molecule has 4 aliphatic rings. The summed E-state index contributed by atoms with van der Waals surface area (Å²) in [6, 6.07) is 8.62. The van der Waals surface area contributed by atoms with Crippen molar-refractivity contribution in [1.29, 1.82) is 0 Å². The Kier molecular flexibility index (Phi) is 3.95. The van der Waals surface area contributed by atoms with E-state index in [4.69, 9.17) is 11.5 Å². The molecule has 1 aromatic carbocycles. The van der Waals surface area contributed by atoms with Crippen LogP contribution in [-0.2, 0) is 11.2 Å². The van der Waals surface area contributed by atoms with Gasteiger partial charge in [0.1, 0.15) is 0 Å². The van der Waals surface area contributed by atoms with Crippen LogP contribution in [0.3, 0.4) is 0 Å². The van der Waals surface area contributed by atoms with E-state index < -0.39 is 0 Å². The third-order valence-electron chi connectivity index (χ3n) is 6.82. The number of nitrogens with two attached hydrogens (primary N) is 2. The van der Waals surface area contributed by atoms with Crippen LogP contribution in [0.4, 0.5) is 0 Å². The van der Waals surface area contributed by atoms with Gasteiger partial charge < -0.3 is 11.5 Å². The number of rotatable bonds is 5. The van der Waals surface area contributed by atoms with E-state index in [0.29, 0.717) is 0 Å². The van der Waals surface area contributed by atoms with Gasteiger partial charge in [-0.1, -0.05) is 24.3 Å². The van der Waals surface area contributed by atoms with Crippen molar-refractivity contribution in [3.05, 3.63) is 35.4 Å². The van der Waals surface area contributed by atoms with Crippen LogP contribution in [0, 0.1) is 23.2 Å². The van der Waals surface area contributed by atoms with Crippen molar-refractivity contribution >= 4 is 5.91 Å². The van der Waals surface area contributed by atoms with Crippen LogP contribution in [0.2, 0.25) is 0 Å². The van der Waals surface area contributed by atoms with Gasteiger partial charge in [-0.15, -0.1) is 0 Å². The van der Waals surface area contributed by atoms with Gasteiger partial charge in [-0.25, -0.2) is 0 Å². The standard InChI is InChI=1S/C21H30N2O/c1-13(22)5-14-3-2-4-18(9-14)19(20(23)24)21-10-15-6-16(11-21)8-17(7-15)12-21/h2-4,9,13,15-17,19H,5-8,10-12,22H2,1H3,(H2,23,24). The first-order valence-corrected chi connectivity index (χ1v) is 9.59. The summed E-state index contributed by atoms with van der Waals surface area (Å²) in [7, 11) is 0. The summed E-state index contributed by atoms with van der Waals surface area (Å²) in [4.78, 5) is 12.5. The van der Waals surface area contributed by atoms with Crippen molar-refractivity contribution in [1.82, 2.24) is 0 Å². The van der Waals surface area contributed by atoms with Crippen molar-refractivity contribution in [2.24, 2.45) is 34.6 Å². The lowest BCUT2D eigenvalue weighted by molar-refractivity contribution is -0.130. The predicted octanol–water partition coefficient (Wildman–Crippen LogP) is 3.36. The van der Waals surface area contributed by atoms with Crippen LogP contribution in [0.5, 0.6) is 0 Å². The number of carbonyl (C=O) groups is 1. The summed E-state index contributed by atoms with van der Waals surface area (Å²) in [6.07, 6.45) is 8.60. The Hall–Kier alpha value is -1.35. The summed E-state index contributed by atoms with van der Waals surface area (Å²) in [5, 5.41) is 0. The van der Waals surface area contributed by atoms with Gasteiger partial charge in [0.25, 0.3) is 0 Å². The number of carbonyl (C=O) groups excluding carboxylic acids is 1. The Morgan fingerprint density at radius 1 is 1.17 bits per heavy atom. The van der Waals surface area contributed by atoms with E-state index in [1.54, 1.807) is 0 Å². The Bertz CT molecular complexity index is 601. The molecule has 4 aliphatic carbocycles. The van der Waals surface area contributed by atoms with Crippen molar-refractivity contribution in [2.45, 2.75) is 63.8 Å². The van der Waals surface area contributed by atoms with Crippen LogP contribution in [0.1, 0.15) is 62.5 Å². The minimum atomic E-state index is -0.130. The van der Waals surface area contributed by atoms with E-state index in [2.05, 4.69) is 24.3 Å². The van der Waals surface area contributed by atoms with E-state index >= 15 is 0 Å².